The Balaban J connectivity index is 2.37. The van der Waals surface area contributed by atoms with Crippen LogP contribution in [0.15, 0.2) is 0 Å². The number of hydrogen-bond donors (Lipinski definition) is 2. The van der Waals surface area contributed by atoms with Crippen LogP contribution >= 0.6 is 0 Å². The second-order valence-electron chi connectivity index (χ2n) is 4.21. The molecule has 82 valence electrons. The minimum Gasteiger partial charge on any atom is -0.480 e. The summed E-state index contributed by atoms with van der Waals surface area (Å²) in [5, 5.41) is 12.1. The van der Waals surface area contributed by atoms with E-state index >= 15 is 0 Å². The highest BCUT2D eigenvalue weighted by molar-refractivity contribution is 5.69. The molecule has 1 unspecified atom stereocenters. The van der Waals surface area contributed by atoms with Gasteiger partial charge in [0.2, 0.25) is 0 Å². The third-order valence-corrected chi connectivity index (χ3v) is 2.69. The number of nitrogens with zero attached hydrogens (tertiary/aromatic N) is 1. The van der Waals surface area contributed by atoms with E-state index in [-0.39, 0.29) is 6.54 Å². The first-order chi connectivity index (χ1) is 6.59. The smallest absolute Gasteiger partial charge is 0.317 e. The molecular weight excluding hydrogens is 180 g/mol. The fourth-order valence-corrected chi connectivity index (χ4v) is 1.83. The molecule has 0 bridgehead atoms. The molecule has 14 heavy (non-hydrogen) atoms. The molecule has 0 spiro atoms. The number of carboxylic acids is 1. The van der Waals surface area contributed by atoms with Crippen molar-refractivity contribution in [1.29, 1.82) is 0 Å². The van der Waals surface area contributed by atoms with Crippen molar-refractivity contribution >= 4 is 5.97 Å². The van der Waals surface area contributed by atoms with E-state index in [1.165, 1.54) is 12.8 Å². The SMILES string of the molecule is CC(C)N(CC(=O)O)CC1CCCN1. The van der Waals surface area contributed by atoms with Gasteiger partial charge in [-0.2, -0.15) is 0 Å². The summed E-state index contributed by atoms with van der Waals surface area (Å²) in [6.07, 6.45) is 2.38. The van der Waals surface area contributed by atoms with Crippen LogP contribution < -0.4 is 5.32 Å². The van der Waals surface area contributed by atoms with Gasteiger partial charge >= 0.3 is 5.97 Å². The molecular formula is C10H20N2O2. The van der Waals surface area contributed by atoms with Crippen molar-refractivity contribution < 1.29 is 9.90 Å². The van der Waals surface area contributed by atoms with E-state index in [4.69, 9.17) is 5.11 Å². The molecule has 1 heterocycles. The van der Waals surface area contributed by atoms with E-state index in [9.17, 15) is 4.79 Å². The van der Waals surface area contributed by atoms with Crippen LogP contribution in [0.1, 0.15) is 26.7 Å². The zero-order valence-corrected chi connectivity index (χ0v) is 8.99. The maximum absolute atomic E-state index is 10.6. The molecule has 0 aromatic rings. The van der Waals surface area contributed by atoms with Crippen molar-refractivity contribution in [3.8, 4) is 0 Å². The average Bonchev–Trinajstić information content (AvgIpc) is 2.54. The second-order valence-corrected chi connectivity index (χ2v) is 4.21. The standard InChI is InChI=1S/C10H20N2O2/c1-8(2)12(7-10(13)14)6-9-4-3-5-11-9/h8-9,11H,3-7H2,1-2H3,(H,13,14). The molecule has 1 rings (SSSR count). The summed E-state index contributed by atoms with van der Waals surface area (Å²) >= 11 is 0. The molecule has 1 aliphatic rings. The van der Waals surface area contributed by atoms with Crippen molar-refractivity contribution in [3.05, 3.63) is 0 Å². The maximum Gasteiger partial charge on any atom is 0.317 e. The van der Waals surface area contributed by atoms with Gasteiger partial charge in [0.05, 0.1) is 6.54 Å². The first-order valence-corrected chi connectivity index (χ1v) is 5.29. The molecule has 1 fully saturated rings. The van der Waals surface area contributed by atoms with Gasteiger partial charge in [-0.15, -0.1) is 0 Å². The molecule has 2 N–H and O–H groups in total. The highest BCUT2D eigenvalue weighted by Crippen LogP contribution is 2.08. The quantitative estimate of drug-likeness (QED) is 0.680. The number of aliphatic carboxylic acids is 1. The fraction of sp³-hybridized carbons (Fsp3) is 0.900. The Hall–Kier alpha value is -0.610. The van der Waals surface area contributed by atoms with Gasteiger partial charge in [-0.1, -0.05) is 0 Å². The van der Waals surface area contributed by atoms with Gasteiger partial charge in [0.1, 0.15) is 0 Å². The van der Waals surface area contributed by atoms with Crippen molar-refractivity contribution in [2.24, 2.45) is 0 Å². The first-order valence-electron chi connectivity index (χ1n) is 5.29. The van der Waals surface area contributed by atoms with Crippen LogP contribution in [0.2, 0.25) is 0 Å². The summed E-state index contributed by atoms with van der Waals surface area (Å²) in [4.78, 5) is 12.6. The van der Waals surface area contributed by atoms with Crippen molar-refractivity contribution in [2.75, 3.05) is 19.6 Å². The highest BCUT2D eigenvalue weighted by Gasteiger charge is 2.20. The molecule has 4 nitrogen and oxygen atoms in total. The zero-order valence-electron chi connectivity index (χ0n) is 8.99. The summed E-state index contributed by atoms with van der Waals surface area (Å²) in [5.74, 6) is -0.739. The number of rotatable bonds is 5. The van der Waals surface area contributed by atoms with Gasteiger partial charge in [0, 0.05) is 18.6 Å². The van der Waals surface area contributed by atoms with Gasteiger partial charge < -0.3 is 10.4 Å². The monoisotopic (exact) mass is 200 g/mol. The Kier molecular flexibility index (Phi) is 4.35. The minimum atomic E-state index is -0.739. The molecule has 0 saturated carbocycles. The Labute approximate surface area is 85.3 Å². The topological polar surface area (TPSA) is 52.6 Å². The summed E-state index contributed by atoms with van der Waals surface area (Å²) in [7, 11) is 0. The molecule has 0 radical (unpaired) electrons. The van der Waals surface area contributed by atoms with Gasteiger partial charge in [-0.05, 0) is 33.2 Å². The summed E-state index contributed by atoms with van der Waals surface area (Å²) < 4.78 is 0. The Morgan fingerprint density at radius 1 is 1.64 bits per heavy atom. The van der Waals surface area contributed by atoms with E-state index in [1.54, 1.807) is 0 Å². The second kappa shape index (κ2) is 5.32. The maximum atomic E-state index is 10.6. The Morgan fingerprint density at radius 2 is 2.36 bits per heavy atom. The summed E-state index contributed by atoms with van der Waals surface area (Å²) in [6, 6.07) is 0.783. The Bertz CT molecular complexity index is 189. The van der Waals surface area contributed by atoms with Crippen LogP contribution in [0.5, 0.6) is 0 Å². The van der Waals surface area contributed by atoms with Gasteiger partial charge in [-0.3, -0.25) is 9.69 Å². The van der Waals surface area contributed by atoms with E-state index in [1.807, 2.05) is 18.7 Å². The zero-order chi connectivity index (χ0) is 10.6. The predicted octanol–water partition coefficient (Wildman–Crippen LogP) is 0.533. The normalized spacial score (nSPS) is 22.1. The lowest BCUT2D eigenvalue weighted by molar-refractivity contribution is -0.138. The third-order valence-electron chi connectivity index (χ3n) is 2.69. The van der Waals surface area contributed by atoms with Crippen LogP contribution in [0.25, 0.3) is 0 Å². The molecule has 1 saturated heterocycles. The number of carbonyl (C=O) groups is 1. The van der Waals surface area contributed by atoms with E-state index < -0.39 is 5.97 Å². The molecule has 0 aromatic carbocycles. The van der Waals surface area contributed by atoms with E-state index in [0.717, 1.165) is 13.1 Å². The third kappa shape index (κ3) is 3.64. The first kappa shape index (κ1) is 11.5. The molecule has 4 heteroatoms. The molecule has 0 aliphatic carbocycles. The van der Waals surface area contributed by atoms with Gasteiger partial charge in [-0.25, -0.2) is 0 Å². The number of nitrogens with one attached hydrogen (secondary N) is 1. The van der Waals surface area contributed by atoms with Crippen LogP contribution in [-0.2, 0) is 4.79 Å². The van der Waals surface area contributed by atoms with Crippen LogP contribution in [-0.4, -0.2) is 47.7 Å². The molecule has 1 atom stereocenters. The lowest BCUT2D eigenvalue weighted by Crippen LogP contribution is -2.43. The van der Waals surface area contributed by atoms with Crippen LogP contribution in [0.3, 0.4) is 0 Å². The molecule has 1 aliphatic heterocycles. The predicted molar refractivity (Wildman–Crippen MR) is 55.4 cm³/mol. The van der Waals surface area contributed by atoms with E-state index in [0.29, 0.717) is 12.1 Å². The van der Waals surface area contributed by atoms with E-state index in [2.05, 4.69) is 5.32 Å². The van der Waals surface area contributed by atoms with Crippen LogP contribution in [0.4, 0.5) is 0 Å². The minimum absolute atomic E-state index is 0.149. The van der Waals surface area contributed by atoms with Crippen molar-refractivity contribution in [3.63, 3.8) is 0 Å². The summed E-state index contributed by atoms with van der Waals surface area (Å²) in [5.41, 5.74) is 0. The fourth-order valence-electron chi connectivity index (χ4n) is 1.83. The molecule has 0 aromatic heterocycles. The highest BCUT2D eigenvalue weighted by atomic mass is 16.4. The lowest BCUT2D eigenvalue weighted by Gasteiger charge is -2.27. The van der Waals surface area contributed by atoms with Gasteiger partial charge in [0.25, 0.3) is 0 Å². The lowest BCUT2D eigenvalue weighted by atomic mass is 10.2. The largest absolute Gasteiger partial charge is 0.480 e. The van der Waals surface area contributed by atoms with Crippen LogP contribution in [0, 0.1) is 0 Å². The average molecular weight is 200 g/mol. The number of carboxylic acid groups (broad SMARTS) is 1. The van der Waals surface area contributed by atoms with Crippen molar-refractivity contribution in [2.45, 2.75) is 38.8 Å². The number of hydrogen-bond acceptors (Lipinski definition) is 3. The Morgan fingerprint density at radius 3 is 2.79 bits per heavy atom. The summed E-state index contributed by atoms with van der Waals surface area (Å²) in [6.45, 7) is 6.15. The molecule has 0 amide bonds. The van der Waals surface area contributed by atoms with Crippen molar-refractivity contribution in [1.82, 2.24) is 10.2 Å². The van der Waals surface area contributed by atoms with Gasteiger partial charge in [0.15, 0.2) is 0 Å².